The molecule has 0 aliphatic carbocycles. The van der Waals surface area contributed by atoms with Crippen molar-refractivity contribution in [3.63, 3.8) is 0 Å². The molecule has 0 heterocycles. The highest BCUT2D eigenvalue weighted by molar-refractivity contribution is 5.84. The van der Waals surface area contributed by atoms with Gasteiger partial charge in [-0.05, 0) is 18.2 Å². The fourth-order valence-corrected chi connectivity index (χ4v) is 1.62. The fourth-order valence-electron chi connectivity index (χ4n) is 1.62. The molecule has 0 aromatic heterocycles. The van der Waals surface area contributed by atoms with Crippen molar-refractivity contribution in [2.75, 3.05) is 19.1 Å². The van der Waals surface area contributed by atoms with Gasteiger partial charge in [0.05, 0.1) is 11.9 Å². The van der Waals surface area contributed by atoms with Crippen LogP contribution in [0, 0.1) is 11.8 Å². The number of rotatable bonds is 4. The Hall–Kier alpha value is -2.57. The second-order valence-corrected chi connectivity index (χ2v) is 4.06. The molecule has 0 aliphatic heterocycles. The van der Waals surface area contributed by atoms with E-state index >= 15 is 0 Å². The van der Waals surface area contributed by atoms with Gasteiger partial charge in [0.25, 0.3) is 0 Å². The predicted octanol–water partition coefficient (Wildman–Crippen LogP) is 3.13. The number of nitrogens with zero attached hydrogens (tertiary/aromatic N) is 1. The Morgan fingerprint density at radius 2 is 1.85 bits per heavy atom. The third-order valence-corrected chi connectivity index (χ3v) is 2.57. The molecule has 0 radical (unpaired) electrons. The number of hydrogen-bond acceptors (Lipinski definition) is 3. The number of hydrogen-bond donors (Lipinski definition) is 1. The molecule has 100 valence electrons. The molecule has 3 heteroatoms. The molecule has 2 rings (SSSR count). The number of anilines is 1. The van der Waals surface area contributed by atoms with Crippen LogP contribution in [0.2, 0.25) is 0 Å². The van der Waals surface area contributed by atoms with E-state index in [1.54, 1.807) is 13.3 Å². The van der Waals surface area contributed by atoms with Crippen LogP contribution in [-0.2, 0) is 4.74 Å². The van der Waals surface area contributed by atoms with Gasteiger partial charge >= 0.3 is 0 Å². The average Bonchev–Trinajstić information content (AvgIpc) is 2.50. The van der Waals surface area contributed by atoms with Gasteiger partial charge in [-0.3, -0.25) is 5.43 Å². The molecule has 0 saturated carbocycles. The van der Waals surface area contributed by atoms with Crippen molar-refractivity contribution >= 4 is 11.9 Å². The van der Waals surface area contributed by atoms with E-state index in [0.29, 0.717) is 6.61 Å². The molecule has 2 aromatic rings. The molecular formula is C17H16N2O. The van der Waals surface area contributed by atoms with E-state index in [9.17, 15) is 0 Å². The quantitative estimate of drug-likeness (QED) is 0.523. The highest BCUT2D eigenvalue weighted by Crippen LogP contribution is 2.07. The minimum atomic E-state index is 0.424. The first kappa shape index (κ1) is 13.9. The Bertz CT molecular complexity index is 624. The maximum atomic E-state index is 4.92. The second-order valence-electron chi connectivity index (χ2n) is 4.06. The summed E-state index contributed by atoms with van der Waals surface area (Å²) in [5, 5.41) is 4.23. The summed E-state index contributed by atoms with van der Waals surface area (Å²) in [6.07, 6.45) is 1.77. The first-order valence-corrected chi connectivity index (χ1v) is 6.31. The van der Waals surface area contributed by atoms with Crippen molar-refractivity contribution in [3.8, 4) is 11.8 Å². The van der Waals surface area contributed by atoms with Crippen molar-refractivity contribution < 1.29 is 4.74 Å². The van der Waals surface area contributed by atoms with Crippen LogP contribution in [-0.4, -0.2) is 19.9 Å². The van der Waals surface area contributed by atoms with E-state index < -0.39 is 0 Å². The Labute approximate surface area is 119 Å². The first-order chi connectivity index (χ1) is 9.90. The smallest absolute Gasteiger partial charge is 0.107 e. The maximum Gasteiger partial charge on any atom is 0.107 e. The van der Waals surface area contributed by atoms with Crippen molar-refractivity contribution in [3.05, 3.63) is 65.7 Å². The molecular weight excluding hydrogens is 248 g/mol. The number of para-hydroxylation sites is 1. The molecule has 20 heavy (non-hydrogen) atoms. The first-order valence-electron chi connectivity index (χ1n) is 6.31. The molecule has 0 unspecified atom stereocenters. The maximum absolute atomic E-state index is 4.92. The van der Waals surface area contributed by atoms with Gasteiger partial charge in [0.15, 0.2) is 0 Å². The zero-order valence-electron chi connectivity index (χ0n) is 11.3. The number of ether oxygens (including phenoxy) is 1. The number of benzene rings is 2. The van der Waals surface area contributed by atoms with E-state index in [1.807, 2.05) is 54.6 Å². The largest absolute Gasteiger partial charge is 0.372 e. The summed E-state index contributed by atoms with van der Waals surface area (Å²) in [6, 6.07) is 17.7. The standard InChI is InChI=1S/C17H16N2O/c1-20-13-7-10-15-8-5-6-9-16(15)14-18-19-17-11-3-2-4-12-17/h2-6,8-9,11-12,14,19H,13H2,1H3/b18-14+. The van der Waals surface area contributed by atoms with Gasteiger partial charge < -0.3 is 4.74 Å². The topological polar surface area (TPSA) is 33.6 Å². The summed E-state index contributed by atoms with van der Waals surface area (Å²) in [5.74, 6) is 6.01. The Balaban J connectivity index is 2.08. The molecule has 3 nitrogen and oxygen atoms in total. The van der Waals surface area contributed by atoms with Gasteiger partial charge in [0.1, 0.15) is 6.61 Å². The van der Waals surface area contributed by atoms with Crippen molar-refractivity contribution in [1.82, 2.24) is 0 Å². The van der Waals surface area contributed by atoms with E-state index in [-0.39, 0.29) is 0 Å². The van der Waals surface area contributed by atoms with Crippen LogP contribution in [0.15, 0.2) is 59.7 Å². The molecule has 0 bridgehead atoms. The normalized spacial score (nSPS) is 10.1. The summed E-state index contributed by atoms with van der Waals surface area (Å²) in [5.41, 5.74) is 5.84. The molecule has 1 N–H and O–H groups in total. The summed E-state index contributed by atoms with van der Waals surface area (Å²) >= 11 is 0. The Kier molecular flexibility index (Phi) is 5.39. The molecule has 0 fully saturated rings. The summed E-state index contributed by atoms with van der Waals surface area (Å²) in [7, 11) is 1.63. The summed E-state index contributed by atoms with van der Waals surface area (Å²) < 4.78 is 4.92. The zero-order chi connectivity index (χ0) is 14.0. The zero-order valence-corrected chi connectivity index (χ0v) is 11.3. The van der Waals surface area contributed by atoms with Crippen LogP contribution in [0.25, 0.3) is 0 Å². The lowest BCUT2D eigenvalue weighted by molar-refractivity contribution is 0.240. The van der Waals surface area contributed by atoms with Gasteiger partial charge in [0.2, 0.25) is 0 Å². The predicted molar refractivity (Wildman–Crippen MR) is 82.9 cm³/mol. The SMILES string of the molecule is COCC#Cc1ccccc1/C=N/Nc1ccccc1. The summed E-state index contributed by atoms with van der Waals surface area (Å²) in [6.45, 7) is 0.424. The minimum absolute atomic E-state index is 0.424. The number of methoxy groups -OCH3 is 1. The van der Waals surface area contributed by atoms with Gasteiger partial charge in [-0.2, -0.15) is 5.10 Å². The third kappa shape index (κ3) is 4.27. The van der Waals surface area contributed by atoms with Crippen LogP contribution in [0.5, 0.6) is 0 Å². The number of hydrazone groups is 1. The molecule has 2 aromatic carbocycles. The number of nitrogens with one attached hydrogen (secondary N) is 1. The molecule has 0 spiro atoms. The van der Waals surface area contributed by atoms with Gasteiger partial charge in [-0.1, -0.05) is 48.2 Å². The van der Waals surface area contributed by atoms with E-state index in [2.05, 4.69) is 22.4 Å². The van der Waals surface area contributed by atoms with Crippen LogP contribution in [0.3, 0.4) is 0 Å². The van der Waals surface area contributed by atoms with Crippen LogP contribution in [0.1, 0.15) is 11.1 Å². The molecule has 0 atom stereocenters. The van der Waals surface area contributed by atoms with Crippen molar-refractivity contribution in [2.45, 2.75) is 0 Å². The van der Waals surface area contributed by atoms with Crippen LogP contribution < -0.4 is 5.43 Å². The van der Waals surface area contributed by atoms with Crippen LogP contribution in [0.4, 0.5) is 5.69 Å². The molecule has 0 amide bonds. The highest BCUT2D eigenvalue weighted by Gasteiger charge is 1.95. The summed E-state index contributed by atoms with van der Waals surface area (Å²) in [4.78, 5) is 0. The lowest BCUT2D eigenvalue weighted by Crippen LogP contribution is -1.93. The minimum Gasteiger partial charge on any atom is -0.372 e. The van der Waals surface area contributed by atoms with Gasteiger partial charge in [0, 0.05) is 18.2 Å². The van der Waals surface area contributed by atoms with Gasteiger partial charge in [-0.15, -0.1) is 0 Å². The van der Waals surface area contributed by atoms with Crippen LogP contribution >= 0.6 is 0 Å². The Morgan fingerprint density at radius 1 is 1.10 bits per heavy atom. The van der Waals surface area contributed by atoms with Crippen molar-refractivity contribution in [1.29, 1.82) is 0 Å². The third-order valence-electron chi connectivity index (χ3n) is 2.57. The lowest BCUT2D eigenvalue weighted by atomic mass is 10.1. The lowest BCUT2D eigenvalue weighted by Gasteiger charge is -2.00. The van der Waals surface area contributed by atoms with E-state index in [0.717, 1.165) is 16.8 Å². The van der Waals surface area contributed by atoms with Crippen molar-refractivity contribution in [2.24, 2.45) is 5.10 Å². The fraction of sp³-hybridized carbons (Fsp3) is 0.118. The van der Waals surface area contributed by atoms with E-state index in [4.69, 9.17) is 4.74 Å². The highest BCUT2D eigenvalue weighted by atomic mass is 16.5. The monoisotopic (exact) mass is 264 g/mol. The average molecular weight is 264 g/mol. The second kappa shape index (κ2) is 7.78. The van der Waals surface area contributed by atoms with E-state index in [1.165, 1.54) is 0 Å². The molecule has 0 saturated heterocycles. The van der Waals surface area contributed by atoms with Gasteiger partial charge in [-0.25, -0.2) is 0 Å². The Morgan fingerprint density at radius 3 is 2.65 bits per heavy atom. The molecule has 0 aliphatic rings.